The van der Waals surface area contributed by atoms with E-state index in [2.05, 4.69) is 17.4 Å². The number of benzene rings is 3. The van der Waals surface area contributed by atoms with E-state index >= 15 is 0 Å². The number of rotatable bonds is 9. The van der Waals surface area contributed by atoms with Gasteiger partial charge in [0.25, 0.3) is 0 Å². The van der Waals surface area contributed by atoms with Crippen LogP contribution in [0.4, 0.5) is 4.79 Å². The quantitative estimate of drug-likeness (QED) is 0.323. The van der Waals surface area contributed by atoms with Gasteiger partial charge in [-0.2, -0.15) is 0 Å². The highest BCUT2D eigenvalue weighted by molar-refractivity contribution is 5.81. The SMILES string of the molecule is CC(C)(C)OC(=O)N[C@@H](Cc1ccccc1)[C@H](O)C[C@H](Cc1ccccc1)C(=O)N1[C@H]2c3ccccc3C[C@H]2OC1(C)C. The molecule has 7 nitrogen and oxygen atoms in total. The summed E-state index contributed by atoms with van der Waals surface area (Å²) in [4.78, 5) is 29.4. The monoisotopic (exact) mass is 584 g/mol. The van der Waals surface area contributed by atoms with Gasteiger partial charge in [-0.25, -0.2) is 4.79 Å². The number of hydrogen-bond acceptors (Lipinski definition) is 5. The minimum absolute atomic E-state index is 0.0622. The summed E-state index contributed by atoms with van der Waals surface area (Å²) in [5.74, 6) is -0.613. The van der Waals surface area contributed by atoms with Crippen molar-refractivity contribution in [1.82, 2.24) is 10.2 Å². The van der Waals surface area contributed by atoms with E-state index in [4.69, 9.17) is 9.47 Å². The molecule has 0 unspecified atom stereocenters. The second kappa shape index (κ2) is 12.5. The zero-order valence-electron chi connectivity index (χ0n) is 25.8. The lowest BCUT2D eigenvalue weighted by Crippen LogP contribution is -2.51. The van der Waals surface area contributed by atoms with Crippen molar-refractivity contribution in [3.63, 3.8) is 0 Å². The smallest absolute Gasteiger partial charge is 0.407 e. The van der Waals surface area contributed by atoms with Crippen molar-refractivity contribution in [3.05, 3.63) is 107 Å². The highest BCUT2D eigenvalue weighted by Crippen LogP contribution is 2.49. The maximum Gasteiger partial charge on any atom is 0.407 e. The number of nitrogens with zero attached hydrogens (tertiary/aromatic N) is 1. The molecule has 1 aliphatic carbocycles. The van der Waals surface area contributed by atoms with E-state index in [1.807, 2.05) is 91.5 Å². The Morgan fingerprint density at radius 3 is 2.16 bits per heavy atom. The Labute approximate surface area is 255 Å². The summed E-state index contributed by atoms with van der Waals surface area (Å²) < 4.78 is 12.0. The number of amides is 2. The predicted molar refractivity (Wildman–Crippen MR) is 166 cm³/mol. The number of aliphatic hydroxyl groups is 1. The predicted octanol–water partition coefficient (Wildman–Crippen LogP) is 5.99. The third-order valence-electron chi connectivity index (χ3n) is 8.35. The maximum absolute atomic E-state index is 14.7. The first kappa shape index (κ1) is 30.8. The third kappa shape index (κ3) is 7.28. The molecule has 0 aromatic heterocycles. The lowest BCUT2D eigenvalue weighted by atomic mass is 9.87. The van der Waals surface area contributed by atoms with E-state index < -0.39 is 35.5 Å². The molecule has 2 N–H and O–H groups in total. The minimum Gasteiger partial charge on any atom is -0.444 e. The average molecular weight is 585 g/mol. The van der Waals surface area contributed by atoms with E-state index in [1.54, 1.807) is 20.8 Å². The van der Waals surface area contributed by atoms with Gasteiger partial charge in [-0.15, -0.1) is 0 Å². The fraction of sp³-hybridized carbons (Fsp3) is 0.444. The minimum atomic E-state index is -1.01. The van der Waals surface area contributed by atoms with Crippen molar-refractivity contribution in [2.24, 2.45) is 5.92 Å². The lowest BCUT2D eigenvalue weighted by Gasteiger charge is -2.37. The van der Waals surface area contributed by atoms with Crippen molar-refractivity contribution in [2.45, 2.75) is 95.9 Å². The zero-order chi connectivity index (χ0) is 30.8. The molecular weight excluding hydrogens is 540 g/mol. The highest BCUT2D eigenvalue weighted by atomic mass is 16.6. The molecule has 0 saturated carbocycles. The van der Waals surface area contributed by atoms with Crippen molar-refractivity contribution < 1.29 is 24.2 Å². The van der Waals surface area contributed by atoms with E-state index in [-0.39, 0.29) is 24.5 Å². The normalized spacial score (nSPS) is 20.9. The van der Waals surface area contributed by atoms with Gasteiger partial charge in [-0.3, -0.25) is 4.79 Å². The van der Waals surface area contributed by atoms with Crippen LogP contribution in [0.5, 0.6) is 0 Å². The Morgan fingerprint density at radius 2 is 1.53 bits per heavy atom. The molecule has 3 aromatic rings. The van der Waals surface area contributed by atoms with Crippen LogP contribution in [0.25, 0.3) is 0 Å². The molecule has 228 valence electrons. The molecule has 1 heterocycles. The molecule has 0 radical (unpaired) electrons. The van der Waals surface area contributed by atoms with Gasteiger partial charge in [0.15, 0.2) is 0 Å². The lowest BCUT2D eigenvalue weighted by molar-refractivity contribution is -0.153. The Balaban J connectivity index is 1.44. The van der Waals surface area contributed by atoms with Gasteiger partial charge < -0.3 is 24.8 Å². The summed E-state index contributed by atoms with van der Waals surface area (Å²) in [6.45, 7) is 9.31. The molecule has 2 amide bonds. The van der Waals surface area contributed by atoms with Gasteiger partial charge in [0.05, 0.1) is 24.3 Å². The molecule has 7 heteroatoms. The largest absolute Gasteiger partial charge is 0.444 e. The summed E-state index contributed by atoms with van der Waals surface area (Å²) in [7, 11) is 0. The number of hydrogen-bond donors (Lipinski definition) is 2. The zero-order valence-corrected chi connectivity index (χ0v) is 25.8. The molecule has 0 spiro atoms. The molecule has 5 atom stereocenters. The van der Waals surface area contributed by atoms with Crippen LogP contribution in [0.1, 0.15) is 69.3 Å². The number of ether oxygens (including phenoxy) is 2. The molecule has 1 fully saturated rings. The number of fused-ring (bicyclic) bond motifs is 3. The number of nitrogens with one attached hydrogen (secondary N) is 1. The summed E-state index contributed by atoms with van der Waals surface area (Å²) in [5, 5.41) is 14.7. The van der Waals surface area contributed by atoms with Crippen molar-refractivity contribution in [3.8, 4) is 0 Å². The van der Waals surface area contributed by atoms with Gasteiger partial charge in [0.2, 0.25) is 5.91 Å². The molecule has 2 aliphatic rings. The van der Waals surface area contributed by atoms with Crippen LogP contribution in [0, 0.1) is 5.92 Å². The molecule has 5 rings (SSSR count). The molecule has 0 bridgehead atoms. The Kier molecular flexibility index (Phi) is 8.95. The van der Waals surface area contributed by atoms with Crippen LogP contribution < -0.4 is 5.32 Å². The van der Waals surface area contributed by atoms with E-state index in [9.17, 15) is 14.7 Å². The third-order valence-corrected chi connectivity index (χ3v) is 8.35. The van der Waals surface area contributed by atoms with Gasteiger partial charge in [0.1, 0.15) is 11.3 Å². The van der Waals surface area contributed by atoms with Gasteiger partial charge in [0, 0.05) is 12.3 Å². The Bertz CT molecular complexity index is 1400. The summed E-state index contributed by atoms with van der Waals surface area (Å²) in [6.07, 6.45) is 0.0439. The second-order valence-corrected chi connectivity index (χ2v) is 13.3. The topological polar surface area (TPSA) is 88.1 Å². The molecule has 1 aliphatic heterocycles. The van der Waals surface area contributed by atoms with Crippen LogP contribution >= 0.6 is 0 Å². The van der Waals surface area contributed by atoms with E-state index in [0.717, 1.165) is 23.1 Å². The van der Waals surface area contributed by atoms with Crippen molar-refractivity contribution in [1.29, 1.82) is 0 Å². The van der Waals surface area contributed by atoms with Crippen molar-refractivity contribution >= 4 is 12.0 Å². The first-order valence-corrected chi connectivity index (χ1v) is 15.3. The molecule has 1 saturated heterocycles. The first-order valence-electron chi connectivity index (χ1n) is 15.3. The second-order valence-electron chi connectivity index (χ2n) is 13.3. The number of alkyl carbamates (subject to hydrolysis) is 1. The molecular formula is C36H44N2O5. The summed E-state index contributed by atoms with van der Waals surface area (Å²) in [5.41, 5.74) is 2.81. The van der Waals surface area contributed by atoms with E-state index in [1.165, 1.54) is 5.56 Å². The van der Waals surface area contributed by atoms with Crippen LogP contribution in [0.3, 0.4) is 0 Å². The van der Waals surface area contributed by atoms with Crippen LogP contribution in [0.2, 0.25) is 0 Å². The Hall–Kier alpha value is -3.68. The van der Waals surface area contributed by atoms with Gasteiger partial charge >= 0.3 is 6.09 Å². The summed E-state index contributed by atoms with van der Waals surface area (Å²) >= 11 is 0. The van der Waals surface area contributed by atoms with Gasteiger partial charge in [-0.05, 0) is 76.1 Å². The highest BCUT2D eigenvalue weighted by Gasteiger charge is 2.54. The summed E-state index contributed by atoms with van der Waals surface area (Å²) in [6, 6.07) is 27.0. The first-order chi connectivity index (χ1) is 20.4. The number of aliphatic hydroxyl groups excluding tert-OH is 1. The number of carbonyl (C=O) groups excluding carboxylic acids is 2. The van der Waals surface area contributed by atoms with Crippen molar-refractivity contribution in [2.75, 3.05) is 0 Å². The van der Waals surface area contributed by atoms with Crippen LogP contribution in [0.15, 0.2) is 84.9 Å². The average Bonchev–Trinajstić information content (AvgIpc) is 3.42. The standard InChI is InChI=1S/C36H44N2O5/c1-35(2,3)43-34(41)37-29(21-25-16-10-7-11-17-25)30(39)22-27(20-24-14-8-6-9-15-24)33(40)38-32-28-19-13-12-18-26(28)23-31(32)42-36(38,4)5/h6-19,27,29-32,39H,20-23H2,1-5H3,(H,37,41)/t27-,29-,30+,31+,32-/m0/s1. The fourth-order valence-electron chi connectivity index (χ4n) is 6.55. The van der Waals surface area contributed by atoms with E-state index in [0.29, 0.717) is 12.8 Å². The fourth-order valence-corrected chi connectivity index (χ4v) is 6.55. The maximum atomic E-state index is 14.7. The Morgan fingerprint density at radius 1 is 0.953 bits per heavy atom. The van der Waals surface area contributed by atoms with Gasteiger partial charge in [-0.1, -0.05) is 84.9 Å². The molecule has 43 heavy (non-hydrogen) atoms. The van der Waals surface area contributed by atoms with Crippen LogP contribution in [-0.4, -0.2) is 51.6 Å². The molecule has 3 aromatic carbocycles. The number of carbonyl (C=O) groups is 2. The van der Waals surface area contributed by atoms with Crippen LogP contribution in [-0.2, 0) is 33.5 Å².